The molecule has 5 heteroatoms. The van der Waals surface area contributed by atoms with Crippen LogP contribution in [0.2, 0.25) is 0 Å². The molecule has 2 aromatic heterocycles. The first-order valence-electron chi connectivity index (χ1n) is 18.3. The zero-order valence-electron chi connectivity index (χ0n) is 29.8. The van der Waals surface area contributed by atoms with Gasteiger partial charge in [-0.2, -0.15) is 0 Å². The molecule has 0 fully saturated rings. The van der Waals surface area contributed by atoms with E-state index in [0.717, 1.165) is 82.8 Å². The van der Waals surface area contributed by atoms with Gasteiger partial charge in [0.15, 0.2) is 11.7 Å². The molecule has 5 nitrogen and oxygen atoms in total. The lowest BCUT2D eigenvalue weighted by Gasteiger charge is -2.09. The second-order valence-electron chi connectivity index (χ2n) is 13.6. The first kappa shape index (κ1) is 32.3. The molecule has 0 N–H and O–H groups in total. The van der Waals surface area contributed by atoms with Crippen LogP contribution in [0.5, 0.6) is 0 Å². The third-order valence-electron chi connectivity index (χ3n) is 10.3. The highest BCUT2D eigenvalue weighted by atomic mass is 16.3. The Kier molecular flexibility index (Phi) is 7.96. The standard InChI is InChI=1S/C50H33N3O2/c1-51-50(53-49(36-25-23-35(24-26-36)33-11-3-2-4-12-33)52-31-32-21-22-34-13-5-6-14-37(34)29-32)43-18-10-20-45-47(43)42-17-9-16-39(48(42)55-45)38-27-28-41-40-15-7-8-19-44(40)54-46(41)30-38/h2-30H,1,31H2/b52-49-,53-50-. The van der Waals surface area contributed by atoms with Crippen LogP contribution in [0.3, 0.4) is 0 Å². The monoisotopic (exact) mass is 707 g/mol. The predicted octanol–water partition coefficient (Wildman–Crippen LogP) is 13.1. The molecule has 0 spiro atoms. The molecule has 0 radical (unpaired) electrons. The number of nitrogens with zero attached hydrogens (tertiary/aromatic N) is 3. The smallest absolute Gasteiger partial charge is 0.161 e. The van der Waals surface area contributed by atoms with Gasteiger partial charge in [-0.1, -0.05) is 146 Å². The Hall–Kier alpha value is -7.37. The molecule has 0 atom stereocenters. The lowest BCUT2D eigenvalue weighted by atomic mass is 9.99. The second-order valence-corrected chi connectivity index (χ2v) is 13.6. The van der Waals surface area contributed by atoms with Gasteiger partial charge in [0, 0.05) is 38.2 Å². The van der Waals surface area contributed by atoms with Crippen LogP contribution in [0.4, 0.5) is 0 Å². The second kappa shape index (κ2) is 13.6. The van der Waals surface area contributed by atoms with Crippen LogP contribution < -0.4 is 0 Å². The van der Waals surface area contributed by atoms with E-state index in [9.17, 15) is 0 Å². The van der Waals surface area contributed by atoms with Gasteiger partial charge >= 0.3 is 0 Å². The van der Waals surface area contributed by atoms with Gasteiger partial charge in [-0.3, -0.25) is 4.99 Å². The summed E-state index contributed by atoms with van der Waals surface area (Å²) in [6.45, 7) is 4.45. The highest BCUT2D eigenvalue weighted by Gasteiger charge is 2.19. The van der Waals surface area contributed by atoms with E-state index in [0.29, 0.717) is 18.2 Å². The van der Waals surface area contributed by atoms with Crippen molar-refractivity contribution in [2.75, 3.05) is 0 Å². The fourth-order valence-electron chi connectivity index (χ4n) is 7.57. The number of fused-ring (bicyclic) bond motifs is 7. The molecular formula is C50H33N3O2. The van der Waals surface area contributed by atoms with Crippen molar-refractivity contribution in [1.29, 1.82) is 0 Å². The lowest BCUT2D eigenvalue weighted by molar-refractivity contribution is 0.668. The number of furan rings is 2. The predicted molar refractivity (Wildman–Crippen MR) is 229 cm³/mol. The lowest BCUT2D eigenvalue weighted by Crippen LogP contribution is -2.06. The van der Waals surface area contributed by atoms with Crippen LogP contribution in [0.1, 0.15) is 16.7 Å². The summed E-state index contributed by atoms with van der Waals surface area (Å²) < 4.78 is 12.9. The molecule has 0 aliphatic heterocycles. The van der Waals surface area contributed by atoms with E-state index in [1.165, 1.54) is 10.8 Å². The summed E-state index contributed by atoms with van der Waals surface area (Å²) in [6.07, 6.45) is 0. The normalized spacial score (nSPS) is 12.4. The number of aliphatic imine (C=N–C) groups is 3. The highest BCUT2D eigenvalue weighted by Crippen LogP contribution is 2.39. The zero-order valence-corrected chi connectivity index (χ0v) is 29.8. The Balaban J connectivity index is 1.09. The Morgan fingerprint density at radius 3 is 2.07 bits per heavy atom. The fourth-order valence-corrected chi connectivity index (χ4v) is 7.57. The largest absolute Gasteiger partial charge is 0.456 e. The van der Waals surface area contributed by atoms with Crippen molar-refractivity contribution < 1.29 is 8.83 Å². The maximum Gasteiger partial charge on any atom is 0.161 e. The summed E-state index contributed by atoms with van der Waals surface area (Å²) in [5.74, 6) is 1.03. The summed E-state index contributed by atoms with van der Waals surface area (Å²) in [6, 6.07) is 60.3. The van der Waals surface area contributed by atoms with E-state index in [-0.39, 0.29) is 0 Å². The summed E-state index contributed by atoms with van der Waals surface area (Å²) in [5, 5.41) is 6.45. The van der Waals surface area contributed by atoms with Crippen molar-refractivity contribution in [2.45, 2.75) is 6.54 Å². The van der Waals surface area contributed by atoms with Gasteiger partial charge < -0.3 is 8.83 Å². The van der Waals surface area contributed by atoms with Gasteiger partial charge in [-0.25, -0.2) is 9.98 Å². The van der Waals surface area contributed by atoms with Gasteiger partial charge in [-0.05, 0) is 70.1 Å². The third-order valence-corrected chi connectivity index (χ3v) is 10.3. The van der Waals surface area contributed by atoms with Crippen molar-refractivity contribution in [3.63, 3.8) is 0 Å². The molecule has 260 valence electrons. The summed E-state index contributed by atoms with van der Waals surface area (Å²) in [5.41, 5.74) is 10.3. The SMILES string of the molecule is C=N/C(=N\C(=N/Cc1ccc2ccccc2c1)c1ccc(-c2ccccc2)cc1)c1cccc2oc3c(-c4ccc5c(c4)oc4ccccc45)cccc3c12. The van der Waals surface area contributed by atoms with Crippen LogP contribution >= 0.6 is 0 Å². The summed E-state index contributed by atoms with van der Waals surface area (Å²) >= 11 is 0. The number of rotatable bonds is 6. The molecule has 0 aliphatic carbocycles. The van der Waals surface area contributed by atoms with Gasteiger partial charge in [0.2, 0.25) is 0 Å². The number of benzene rings is 8. The average molecular weight is 708 g/mol. The van der Waals surface area contributed by atoms with E-state index < -0.39 is 0 Å². The molecule has 0 aliphatic rings. The number of hydrogen-bond acceptors (Lipinski definition) is 3. The van der Waals surface area contributed by atoms with Crippen LogP contribution in [0.15, 0.2) is 200 Å². The molecular weight excluding hydrogens is 675 g/mol. The molecule has 55 heavy (non-hydrogen) atoms. The molecule has 0 unspecified atom stereocenters. The van der Waals surface area contributed by atoms with Gasteiger partial charge in [0.25, 0.3) is 0 Å². The van der Waals surface area contributed by atoms with Crippen molar-refractivity contribution in [3.8, 4) is 22.3 Å². The molecule has 10 rings (SSSR count). The van der Waals surface area contributed by atoms with Crippen molar-refractivity contribution in [3.05, 3.63) is 193 Å². The first-order chi connectivity index (χ1) is 27.2. The van der Waals surface area contributed by atoms with Crippen LogP contribution in [-0.4, -0.2) is 18.4 Å². The average Bonchev–Trinajstić information content (AvgIpc) is 3.82. The van der Waals surface area contributed by atoms with Gasteiger partial charge in [0.05, 0.1) is 6.54 Å². The fraction of sp³-hybridized carbons (Fsp3) is 0.0200. The number of para-hydroxylation sites is 2. The van der Waals surface area contributed by atoms with Crippen molar-refractivity contribution in [1.82, 2.24) is 0 Å². The van der Waals surface area contributed by atoms with Crippen LogP contribution in [0, 0.1) is 0 Å². The Labute approximate surface area is 317 Å². The van der Waals surface area contributed by atoms with E-state index >= 15 is 0 Å². The number of hydrogen-bond donors (Lipinski definition) is 0. The Bertz CT molecular complexity index is 3130. The molecule has 2 heterocycles. The summed E-state index contributed by atoms with van der Waals surface area (Å²) in [7, 11) is 0. The quantitative estimate of drug-likeness (QED) is 0.128. The maximum absolute atomic E-state index is 6.65. The number of amidine groups is 2. The Morgan fingerprint density at radius 1 is 0.491 bits per heavy atom. The van der Waals surface area contributed by atoms with Crippen LogP contribution in [0.25, 0.3) is 76.9 Å². The maximum atomic E-state index is 6.65. The van der Waals surface area contributed by atoms with E-state index in [2.05, 4.69) is 145 Å². The molecule has 8 aromatic carbocycles. The molecule has 0 amide bonds. The molecule has 10 aromatic rings. The van der Waals surface area contributed by atoms with Crippen LogP contribution in [-0.2, 0) is 6.54 Å². The van der Waals surface area contributed by atoms with E-state index in [4.69, 9.17) is 18.8 Å². The third kappa shape index (κ3) is 5.88. The first-order valence-corrected chi connectivity index (χ1v) is 18.3. The zero-order chi connectivity index (χ0) is 36.7. The summed E-state index contributed by atoms with van der Waals surface area (Å²) in [4.78, 5) is 14.8. The van der Waals surface area contributed by atoms with Gasteiger partial charge in [-0.15, -0.1) is 0 Å². The van der Waals surface area contributed by atoms with E-state index in [1.54, 1.807) is 0 Å². The molecule has 0 bridgehead atoms. The van der Waals surface area contributed by atoms with Gasteiger partial charge in [0.1, 0.15) is 22.3 Å². The highest BCUT2D eigenvalue weighted by molar-refractivity contribution is 6.23. The molecule has 0 saturated carbocycles. The minimum absolute atomic E-state index is 0.451. The molecule has 0 saturated heterocycles. The van der Waals surface area contributed by atoms with Crippen molar-refractivity contribution in [2.24, 2.45) is 15.0 Å². The topological polar surface area (TPSA) is 63.4 Å². The minimum Gasteiger partial charge on any atom is -0.456 e. The van der Waals surface area contributed by atoms with E-state index in [1.807, 2.05) is 42.5 Å². The minimum atomic E-state index is 0.451. The Morgan fingerprint density at radius 2 is 1.20 bits per heavy atom. The van der Waals surface area contributed by atoms with Crippen molar-refractivity contribution >= 4 is 73.0 Å².